The van der Waals surface area contributed by atoms with Crippen LogP contribution in [0.15, 0.2) is 176 Å². The van der Waals surface area contributed by atoms with Crippen molar-refractivity contribution in [2.24, 2.45) is 0 Å². The molecule has 1 nitrogen and oxygen atoms in total. The molecule has 0 fully saturated rings. The fourth-order valence-electron chi connectivity index (χ4n) is 11.4. The first kappa shape index (κ1) is 36.4. The first-order valence-corrected chi connectivity index (χ1v) is 22.5. The number of rotatable bonds is 3. The fraction of sp³-hybridized carbons (Fsp3) is 0.129. The number of nitrogens with zero attached hydrogens (tertiary/aromatic N) is 1. The van der Waals surface area contributed by atoms with E-state index in [2.05, 4.69) is 222 Å². The van der Waals surface area contributed by atoms with Gasteiger partial charge in [0.25, 0.3) is 0 Å². The zero-order chi connectivity index (χ0) is 42.5. The second kappa shape index (κ2) is 12.7. The third-order valence-corrected chi connectivity index (χ3v) is 14.3. The summed E-state index contributed by atoms with van der Waals surface area (Å²) in [6, 6.07) is 67.2. The molecule has 0 aliphatic carbocycles. The fourth-order valence-corrected chi connectivity index (χ4v) is 11.4. The molecule has 0 saturated heterocycles. The Labute approximate surface area is 367 Å². The van der Waals surface area contributed by atoms with Crippen molar-refractivity contribution in [2.45, 2.75) is 52.4 Å². The minimum Gasteiger partial charge on any atom is -0.309 e. The van der Waals surface area contributed by atoms with Gasteiger partial charge in [-0.25, -0.2) is 0 Å². The predicted molar refractivity (Wildman–Crippen MR) is 274 cm³/mol. The summed E-state index contributed by atoms with van der Waals surface area (Å²) in [4.78, 5) is 0. The third kappa shape index (κ3) is 5.17. The van der Waals surface area contributed by atoms with E-state index in [4.69, 9.17) is 0 Å². The Morgan fingerprint density at radius 1 is 0.317 bits per heavy atom. The lowest BCUT2D eigenvalue weighted by atomic mass is 9.80. The minimum absolute atomic E-state index is 0.0487. The van der Waals surface area contributed by atoms with E-state index in [1.54, 1.807) is 0 Å². The van der Waals surface area contributed by atoms with E-state index < -0.39 is 0 Å². The topological polar surface area (TPSA) is 4.93 Å². The summed E-state index contributed by atoms with van der Waals surface area (Å²) in [5, 5.41) is 21.0. The van der Waals surface area contributed by atoms with Gasteiger partial charge in [0.2, 0.25) is 0 Å². The summed E-state index contributed by atoms with van der Waals surface area (Å²) in [5.41, 5.74) is 11.5. The van der Waals surface area contributed by atoms with Crippen LogP contribution in [0.3, 0.4) is 0 Å². The van der Waals surface area contributed by atoms with Gasteiger partial charge in [0.15, 0.2) is 0 Å². The van der Waals surface area contributed by atoms with E-state index >= 15 is 0 Å². The highest BCUT2D eigenvalue weighted by molar-refractivity contribution is 6.28. The van der Waals surface area contributed by atoms with Crippen LogP contribution in [0.25, 0.3) is 125 Å². The number of benzene rings is 12. The number of aromatic nitrogens is 1. The lowest BCUT2D eigenvalue weighted by molar-refractivity contribution is 0.596. The monoisotopic (exact) mass is 805 g/mol. The van der Waals surface area contributed by atoms with Gasteiger partial charge in [-0.1, -0.05) is 193 Å². The van der Waals surface area contributed by atoms with Crippen LogP contribution in [-0.4, -0.2) is 4.57 Å². The van der Waals surface area contributed by atoms with Crippen molar-refractivity contribution in [3.05, 3.63) is 187 Å². The van der Waals surface area contributed by atoms with Crippen molar-refractivity contribution in [3.63, 3.8) is 0 Å². The van der Waals surface area contributed by atoms with Gasteiger partial charge in [-0.3, -0.25) is 0 Å². The highest BCUT2D eigenvalue weighted by Crippen LogP contribution is 2.46. The maximum Gasteiger partial charge on any atom is 0.0619 e. The largest absolute Gasteiger partial charge is 0.309 e. The van der Waals surface area contributed by atoms with E-state index in [0.717, 1.165) is 5.69 Å². The molecule has 12 aromatic carbocycles. The molecule has 1 heteroatoms. The van der Waals surface area contributed by atoms with Gasteiger partial charge in [-0.15, -0.1) is 0 Å². The third-order valence-electron chi connectivity index (χ3n) is 14.3. The molecule has 0 aliphatic heterocycles. The standard InChI is InChI=1S/C62H47N/c1-61(2,3)53-32-21-38-14-27-48-44(23-12-36-16-30-51(53)58(38)56(36)48)40-18-25-46-41(34-40)20-29-50-47-26-19-42(35-55(47)63(60(46)50)43-10-8-7-9-11-43)45-24-13-37-17-31-52-54(62(4,5)6)33-22-39-15-28-49(45)57(37)59(39)52/h7-35H,1-6H3. The quantitative estimate of drug-likeness (QED) is 0.157. The zero-order valence-corrected chi connectivity index (χ0v) is 36.7. The molecule has 13 rings (SSSR count). The molecule has 0 atom stereocenters. The first-order valence-electron chi connectivity index (χ1n) is 22.5. The minimum atomic E-state index is 0.0487. The van der Waals surface area contributed by atoms with Crippen molar-refractivity contribution in [1.82, 2.24) is 4.57 Å². The summed E-state index contributed by atoms with van der Waals surface area (Å²) in [6.07, 6.45) is 0. The van der Waals surface area contributed by atoms with Gasteiger partial charge >= 0.3 is 0 Å². The van der Waals surface area contributed by atoms with Crippen LogP contribution in [0.5, 0.6) is 0 Å². The average Bonchev–Trinajstić information content (AvgIpc) is 3.63. The van der Waals surface area contributed by atoms with E-state index in [-0.39, 0.29) is 10.8 Å². The molecule has 0 radical (unpaired) electrons. The molecule has 0 N–H and O–H groups in total. The Morgan fingerprint density at radius 2 is 0.730 bits per heavy atom. The van der Waals surface area contributed by atoms with E-state index in [0.29, 0.717) is 0 Å². The summed E-state index contributed by atoms with van der Waals surface area (Å²) in [6.45, 7) is 13.9. The number of hydrogen-bond acceptors (Lipinski definition) is 0. The van der Waals surface area contributed by atoms with Crippen LogP contribution in [0.1, 0.15) is 52.7 Å². The van der Waals surface area contributed by atoms with Crippen LogP contribution in [-0.2, 0) is 10.8 Å². The van der Waals surface area contributed by atoms with Gasteiger partial charge < -0.3 is 4.57 Å². The van der Waals surface area contributed by atoms with Crippen LogP contribution in [0, 0.1) is 0 Å². The SMILES string of the molecule is CC(C)(C)c1ccc2ccc3c(-c4ccc5c(ccc6c7ccc(-c8ccc9ccc%10c(C(C)(C)C)ccc%11ccc8c9c%11%10)cc7n(-c7ccccc7)c56)c4)ccc4ccc1c2c43. The van der Waals surface area contributed by atoms with E-state index in [1.807, 2.05) is 0 Å². The van der Waals surface area contributed by atoms with Crippen LogP contribution in [0.2, 0.25) is 0 Å². The molecule has 0 aliphatic rings. The molecule has 63 heavy (non-hydrogen) atoms. The maximum absolute atomic E-state index is 2.50. The van der Waals surface area contributed by atoms with Gasteiger partial charge in [0.1, 0.15) is 0 Å². The van der Waals surface area contributed by atoms with Crippen molar-refractivity contribution in [1.29, 1.82) is 0 Å². The Hall–Kier alpha value is -7.22. The molecule has 300 valence electrons. The predicted octanol–water partition coefficient (Wildman–Crippen LogP) is 17.7. The molecular weight excluding hydrogens is 759 g/mol. The number of hydrogen-bond donors (Lipinski definition) is 0. The smallest absolute Gasteiger partial charge is 0.0619 e. The Bertz CT molecular complexity index is 4020. The normalized spacial score (nSPS) is 12.9. The maximum atomic E-state index is 2.50. The van der Waals surface area contributed by atoms with Crippen molar-refractivity contribution in [2.75, 3.05) is 0 Å². The highest BCUT2D eigenvalue weighted by Gasteiger charge is 2.23. The van der Waals surface area contributed by atoms with Crippen LogP contribution < -0.4 is 0 Å². The Balaban J connectivity index is 1.02. The van der Waals surface area contributed by atoms with E-state index in [1.165, 1.54) is 131 Å². The molecule has 1 heterocycles. The van der Waals surface area contributed by atoms with Gasteiger partial charge in [0.05, 0.1) is 11.0 Å². The molecule has 0 spiro atoms. The Kier molecular flexibility index (Phi) is 7.33. The zero-order valence-electron chi connectivity index (χ0n) is 36.7. The van der Waals surface area contributed by atoms with Crippen LogP contribution >= 0.6 is 0 Å². The van der Waals surface area contributed by atoms with Crippen molar-refractivity contribution < 1.29 is 0 Å². The molecule has 13 aromatic rings. The molecule has 0 bridgehead atoms. The molecule has 0 unspecified atom stereocenters. The van der Waals surface area contributed by atoms with Gasteiger partial charge in [-0.05, 0) is 138 Å². The van der Waals surface area contributed by atoms with Crippen molar-refractivity contribution >= 4 is 97.2 Å². The highest BCUT2D eigenvalue weighted by atomic mass is 15.0. The number of para-hydroxylation sites is 1. The van der Waals surface area contributed by atoms with E-state index in [9.17, 15) is 0 Å². The van der Waals surface area contributed by atoms with Gasteiger partial charge in [0, 0.05) is 21.8 Å². The molecule has 0 amide bonds. The van der Waals surface area contributed by atoms with Gasteiger partial charge in [-0.2, -0.15) is 0 Å². The number of fused-ring (bicyclic) bond motifs is 5. The summed E-state index contributed by atoms with van der Waals surface area (Å²) in [7, 11) is 0. The van der Waals surface area contributed by atoms with Crippen molar-refractivity contribution in [3.8, 4) is 27.9 Å². The Morgan fingerprint density at radius 3 is 1.27 bits per heavy atom. The molecular formula is C62H47N. The lowest BCUT2D eigenvalue weighted by Gasteiger charge is -2.23. The summed E-state index contributed by atoms with van der Waals surface area (Å²) >= 11 is 0. The summed E-state index contributed by atoms with van der Waals surface area (Å²) in [5.74, 6) is 0. The lowest BCUT2D eigenvalue weighted by Crippen LogP contribution is -2.11. The molecule has 0 saturated carbocycles. The summed E-state index contributed by atoms with van der Waals surface area (Å²) < 4.78 is 2.50. The average molecular weight is 806 g/mol. The molecule has 1 aromatic heterocycles. The second-order valence-corrected chi connectivity index (χ2v) is 20.1. The second-order valence-electron chi connectivity index (χ2n) is 20.1. The van der Waals surface area contributed by atoms with Crippen LogP contribution in [0.4, 0.5) is 0 Å². The first-order chi connectivity index (χ1) is 30.5.